The molecule has 0 bridgehead atoms. The molecule has 0 unspecified atom stereocenters. The molecule has 0 aliphatic carbocycles. The van der Waals surface area contributed by atoms with Crippen LogP contribution >= 0.6 is 23.4 Å². The van der Waals surface area contributed by atoms with E-state index >= 15 is 0 Å². The zero-order valence-corrected chi connectivity index (χ0v) is 17.4. The monoisotopic (exact) mass is 437 g/mol. The number of thioether (sulfide) groups is 1. The molecule has 0 aliphatic rings. The molecule has 0 atom stereocenters. The third-order valence-electron chi connectivity index (χ3n) is 4.49. The van der Waals surface area contributed by atoms with Crippen molar-refractivity contribution in [3.05, 3.63) is 89.2 Å². The Balaban J connectivity index is 1.49. The van der Waals surface area contributed by atoms with Gasteiger partial charge in [-0.1, -0.05) is 59.8 Å². The SMILES string of the molecule is O=C(CSc1nnc(-c2ccc(F)cc2)c2ccccc12)NCc1cccc(Cl)c1. The van der Waals surface area contributed by atoms with Gasteiger partial charge in [-0.2, -0.15) is 0 Å². The van der Waals surface area contributed by atoms with E-state index in [1.165, 1.54) is 23.9 Å². The predicted molar refractivity (Wildman–Crippen MR) is 119 cm³/mol. The number of aromatic nitrogens is 2. The fourth-order valence-electron chi connectivity index (χ4n) is 3.04. The van der Waals surface area contributed by atoms with Crippen LogP contribution in [0.1, 0.15) is 5.56 Å². The minimum absolute atomic E-state index is 0.103. The summed E-state index contributed by atoms with van der Waals surface area (Å²) in [6.45, 7) is 0.413. The van der Waals surface area contributed by atoms with Gasteiger partial charge in [0.1, 0.15) is 16.5 Å². The van der Waals surface area contributed by atoms with Gasteiger partial charge in [-0.05, 0) is 42.0 Å². The van der Waals surface area contributed by atoms with Gasteiger partial charge >= 0.3 is 0 Å². The molecule has 0 fully saturated rings. The maximum absolute atomic E-state index is 13.3. The van der Waals surface area contributed by atoms with Gasteiger partial charge in [0.05, 0.1) is 5.75 Å². The Morgan fingerprint density at radius 3 is 2.50 bits per heavy atom. The Hall–Kier alpha value is -2.96. The van der Waals surface area contributed by atoms with Gasteiger partial charge in [-0.15, -0.1) is 10.2 Å². The van der Waals surface area contributed by atoms with E-state index in [0.29, 0.717) is 22.3 Å². The second-order valence-electron chi connectivity index (χ2n) is 6.60. The summed E-state index contributed by atoms with van der Waals surface area (Å²) in [6, 6.07) is 21.3. The van der Waals surface area contributed by atoms with Gasteiger partial charge in [-0.3, -0.25) is 4.79 Å². The zero-order chi connectivity index (χ0) is 20.9. The predicted octanol–water partition coefficient (Wildman–Crippen LogP) is 5.50. The molecular formula is C23H17ClFN3OS. The minimum Gasteiger partial charge on any atom is -0.351 e. The molecule has 0 radical (unpaired) electrons. The van der Waals surface area contributed by atoms with Crippen molar-refractivity contribution in [3.63, 3.8) is 0 Å². The first-order valence-electron chi connectivity index (χ1n) is 9.25. The molecule has 7 heteroatoms. The van der Waals surface area contributed by atoms with Crippen molar-refractivity contribution in [1.82, 2.24) is 15.5 Å². The van der Waals surface area contributed by atoms with Crippen molar-refractivity contribution >= 4 is 40.0 Å². The van der Waals surface area contributed by atoms with Gasteiger partial charge in [0, 0.05) is 27.9 Å². The molecule has 1 heterocycles. The molecule has 30 heavy (non-hydrogen) atoms. The second kappa shape index (κ2) is 9.24. The summed E-state index contributed by atoms with van der Waals surface area (Å²) in [5.74, 6) is -0.185. The van der Waals surface area contributed by atoms with Crippen molar-refractivity contribution in [3.8, 4) is 11.3 Å². The molecule has 1 aromatic heterocycles. The molecule has 0 spiro atoms. The topological polar surface area (TPSA) is 54.9 Å². The summed E-state index contributed by atoms with van der Waals surface area (Å²) in [5, 5.41) is 14.7. The Labute approximate surface area is 182 Å². The molecule has 1 amide bonds. The normalized spacial score (nSPS) is 10.9. The van der Waals surface area contributed by atoms with Crippen LogP contribution in [0.15, 0.2) is 77.8 Å². The average Bonchev–Trinajstić information content (AvgIpc) is 2.77. The van der Waals surface area contributed by atoms with Crippen LogP contribution in [0.3, 0.4) is 0 Å². The maximum Gasteiger partial charge on any atom is 0.230 e. The summed E-state index contributed by atoms with van der Waals surface area (Å²) >= 11 is 7.30. The molecule has 4 aromatic rings. The van der Waals surface area contributed by atoms with Crippen molar-refractivity contribution < 1.29 is 9.18 Å². The van der Waals surface area contributed by atoms with Gasteiger partial charge in [0.25, 0.3) is 0 Å². The van der Waals surface area contributed by atoms with E-state index in [9.17, 15) is 9.18 Å². The smallest absolute Gasteiger partial charge is 0.230 e. The van der Waals surface area contributed by atoms with Crippen LogP contribution in [0, 0.1) is 5.82 Å². The molecule has 0 saturated carbocycles. The van der Waals surface area contributed by atoms with Crippen LogP contribution in [0.4, 0.5) is 4.39 Å². The molecular weight excluding hydrogens is 421 g/mol. The number of nitrogens with one attached hydrogen (secondary N) is 1. The van der Waals surface area contributed by atoms with E-state index in [-0.39, 0.29) is 17.5 Å². The lowest BCUT2D eigenvalue weighted by atomic mass is 10.1. The number of fused-ring (bicyclic) bond motifs is 1. The van der Waals surface area contributed by atoms with Gasteiger partial charge < -0.3 is 5.32 Å². The molecule has 0 saturated heterocycles. The van der Waals surface area contributed by atoms with Crippen LogP contribution in [0.25, 0.3) is 22.0 Å². The lowest BCUT2D eigenvalue weighted by Gasteiger charge is -2.09. The number of amides is 1. The first-order chi connectivity index (χ1) is 14.6. The maximum atomic E-state index is 13.3. The average molecular weight is 438 g/mol. The molecule has 4 rings (SSSR count). The number of halogens is 2. The molecule has 3 aromatic carbocycles. The number of carbonyl (C=O) groups excluding carboxylic acids is 1. The van der Waals surface area contributed by atoms with E-state index in [2.05, 4.69) is 15.5 Å². The Morgan fingerprint density at radius 2 is 1.73 bits per heavy atom. The van der Waals surface area contributed by atoms with E-state index in [1.54, 1.807) is 18.2 Å². The van der Waals surface area contributed by atoms with Gasteiger partial charge in [0.2, 0.25) is 5.91 Å². The lowest BCUT2D eigenvalue weighted by Crippen LogP contribution is -2.24. The second-order valence-corrected chi connectivity index (χ2v) is 8.00. The quantitative estimate of drug-likeness (QED) is 0.405. The zero-order valence-electron chi connectivity index (χ0n) is 15.8. The van der Waals surface area contributed by atoms with Crippen LogP contribution in [-0.2, 0) is 11.3 Å². The van der Waals surface area contributed by atoms with Crippen LogP contribution < -0.4 is 5.32 Å². The first kappa shape index (κ1) is 20.3. The number of carbonyl (C=O) groups is 1. The van der Waals surface area contributed by atoms with Crippen molar-refractivity contribution in [2.75, 3.05) is 5.75 Å². The van der Waals surface area contributed by atoms with Crippen LogP contribution in [-0.4, -0.2) is 21.9 Å². The highest BCUT2D eigenvalue weighted by Crippen LogP contribution is 2.31. The van der Waals surface area contributed by atoms with E-state index < -0.39 is 0 Å². The number of benzene rings is 3. The van der Waals surface area contributed by atoms with E-state index in [1.807, 2.05) is 42.5 Å². The molecule has 0 aliphatic heterocycles. The largest absolute Gasteiger partial charge is 0.351 e. The molecule has 1 N–H and O–H groups in total. The number of hydrogen-bond donors (Lipinski definition) is 1. The summed E-state index contributed by atoms with van der Waals surface area (Å²) in [4.78, 5) is 12.3. The van der Waals surface area contributed by atoms with Gasteiger partial charge in [-0.25, -0.2) is 4.39 Å². The molecule has 150 valence electrons. The lowest BCUT2D eigenvalue weighted by molar-refractivity contribution is -0.118. The highest BCUT2D eigenvalue weighted by molar-refractivity contribution is 8.00. The Kier molecular flexibility index (Phi) is 6.26. The molecule has 4 nitrogen and oxygen atoms in total. The Bertz CT molecular complexity index is 1200. The fourth-order valence-corrected chi connectivity index (χ4v) is 4.05. The summed E-state index contributed by atoms with van der Waals surface area (Å²) in [7, 11) is 0. The highest BCUT2D eigenvalue weighted by atomic mass is 35.5. The van der Waals surface area contributed by atoms with Crippen molar-refractivity contribution in [1.29, 1.82) is 0 Å². The number of nitrogens with zero attached hydrogens (tertiary/aromatic N) is 2. The van der Waals surface area contributed by atoms with Crippen LogP contribution in [0.5, 0.6) is 0 Å². The number of hydrogen-bond acceptors (Lipinski definition) is 4. The summed E-state index contributed by atoms with van der Waals surface area (Å²) < 4.78 is 13.3. The standard InChI is InChI=1S/C23H17ClFN3OS/c24-17-5-3-4-15(12-17)13-26-21(29)14-30-23-20-7-2-1-6-19(20)22(27-28-23)16-8-10-18(25)11-9-16/h1-12H,13-14H2,(H,26,29). The summed E-state index contributed by atoms with van der Waals surface area (Å²) in [5.41, 5.74) is 2.41. The third kappa shape index (κ3) is 4.78. The van der Waals surface area contributed by atoms with Crippen LogP contribution in [0.2, 0.25) is 5.02 Å². The summed E-state index contributed by atoms with van der Waals surface area (Å²) in [6.07, 6.45) is 0. The minimum atomic E-state index is -0.299. The number of rotatable bonds is 6. The Morgan fingerprint density at radius 1 is 0.967 bits per heavy atom. The van der Waals surface area contributed by atoms with Gasteiger partial charge in [0.15, 0.2) is 0 Å². The van der Waals surface area contributed by atoms with Crippen molar-refractivity contribution in [2.45, 2.75) is 11.6 Å². The first-order valence-corrected chi connectivity index (χ1v) is 10.6. The fraction of sp³-hybridized carbons (Fsp3) is 0.0870. The highest BCUT2D eigenvalue weighted by Gasteiger charge is 2.13. The van der Waals surface area contributed by atoms with E-state index in [0.717, 1.165) is 21.9 Å². The van der Waals surface area contributed by atoms with Crippen molar-refractivity contribution in [2.24, 2.45) is 0 Å². The third-order valence-corrected chi connectivity index (χ3v) is 5.71. The van der Waals surface area contributed by atoms with E-state index in [4.69, 9.17) is 11.6 Å².